The Labute approximate surface area is 174 Å². The van der Waals surface area contributed by atoms with E-state index in [1.54, 1.807) is 0 Å². The Bertz CT molecular complexity index is 1090. The van der Waals surface area contributed by atoms with Gasteiger partial charge in [0, 0.05) is 11.9 Å². The van der Waals surface area contributed by atoms with E-state index in [1.165, 1.54) is 74.3 Å². The van der Waals surface area contributed by atoms with Crippen molar-refractivity contribution in [2.75, 3.05) is 0 Å². The Balaban J connectivity index is 1.52. The zero-order chi connectivity index (χ0) is 20.1. The minimum absolute atomic E-state index is 0.976. The summed E-state index contributed by atoms with van der Waals surface area (Å²) < 4.78 is 2.42. The lowest BCUT2D eigenvalue weighted by Crippen LogP contribution is -2.01. The lowest BCUT2D eigenvalue weighted by molar-refractivity contribution is 0.546. The van der Waals surface area contributed by atoms with E-state index in [0.717, 1.165) is 28.7 Å². The van der Waals surface area contributed by atoms with Crippen molar-refractivity contribution in [2.45, 2.75) is 78.2 Å². The van der Waals surface area contributed by atoms with Crippen molar-refractivity contribution in [3.8, 4) is 0 Å². The molecule has 29 heavy (non-hydrogen) atoms. The van der Waals surface area contributed by atoms with Crippen LogP contribution >= 0.6 is 0 Å². The highest BCUT2D eigenvalue weighted by molar-refractivity contribution is 6.07. The molecule has 0 aliphatic heterocycles. The molecule has 2 heterocycles. The maximum atomic E-state index is 5.01. The summed E-state index contributed by atoms with van der Waals surface area (Å²) in [6, 6.07) is 14.7. The van der Waals surface area contributed by atoms with Crippen molar-refractivity contribution in [1.82, 2.24) is 14.5 Å². The van der Waals surface area contributed by atoms with E-state index in [1.807, 2.05) is 12.1 Å². The molecule has 0 radical (unpaired) electrons. The fourth-order valence-corrected chi connectivity index (χ4v) is 4.47. The summed E-state index contributed by atoms with van der Waals surface area (Å²) in [5, 5.41) is 1.23. The van der Waals surface area contributed by atoms with Gasteiger partial charge in [-0.25, -0.2) is 9.97 Å². The van der Waals surface area contributed by atoms with Gasteiger partial charge >= 0.3 is 0 Å². The second kappa shape index (κ2) is 9.39. The van der Waals surface area contributed by atoms with Crippen molar-refractivity contribution in [3.63, 3.8) is 0 Å². The summed E-state index contributed by atoms with van der Waals surface area (Å²) in [4.78, 5) is 9.99. The first-order chi connectivity index (χ1) is 14.3. The molecule has 3 nitrogen and oxygen atoms in total. The molecule has 0 amide bonds. The normalized spacial score (nSPS) is 11.8. The lowest BCUT2D eigenvalue weighted by atomic mass is 10.1. The average Bonchev–Trinajstić information content (AvgIpc) is 3.05. The number of aryl methyl sites for hydroxylation is 2. The highest BCUT2D eigenvalue weighted by Gasteiger charge is 2.15. The number of hydrogen-bond donors (Lipinski definition) is 0. The van der Waals surface area contributed by atoms with Gasteiger partial charge in [0.1, 0.15) is 5.52 Å². The number of rotatable bonds is 10. The Morgan fingerprint density at radius 1 is 0.724 bits per heavy atom. The van der Waals surface area contributed by atoms with Crippen LogP contribution in [0.25, 0.3) is 33.1 Å². The molecule has 0 aliphatic rings. The molecule has 0 spiro atoms. The first-order valence-electron chi connectivity index (χ1n) is 11.4. The van der Waals surface area contributed by atoms with Crippen molar-refractivity contribution in [1.29, 1.82) is 0 Å². The lowest BCUT2D eigenvalue weighted by Gasteiger charge is -2.09. The summed E-state index contributed by atoms with van der Waals surface area (Å²) >= 11 is 0. The van der Waals surface area contributed by atoms with Crippen molar-refractivity contribution >= 4 is 33.1 Å². The van der Waals surface area contributed by atoms with Crippen LogP contribution in [-0.2, 0) is 6.54 Å². The molecule has 0 aliphatic carbocycles. The van der Waals surface area contributed by atoms with Crippen molar-refractivity contribution in [3.05, 3.63) is 48.0 Å². The van der Waals surface area contributed by atoms with Crippen LogP contribution in [0.2, 0.25) is 0 Å². The van der Waals surface area contributed by atoms with Gasteiger partial charge in [-0.1, -0.05) is 88.6 Å². The van der Waals surface area contributed by atoms with E-state index in [0.29, 0.717) is 0 Å². The van der Waals surface area contributed by atoms with Crippen LogP contribution < -0.4 is 0 Å². The maximum Gasteiger partial charge on any atom is 0.160 e. The van der Waals surface area contributed by atoms with Gasteiger partial charge in [0.05, 0.1) is 16.6 Å². The Kier molecular flexibility index (Phi) is 6.43. The van der Waals surface area contributed by atoms with Crippen LogP contribution in [0.5, 0.6) is 0 Å². The molecule has 2 aromatic heterocycles. The molecule has 4 aromatic rings. The van der Waals surface area contributed by atoms with Crippen molar-refractivity contribution < 1.29 is 0 Å². The molecule has 0 saturated carbocycles. The van der Waals surface area contributed by atoms with Gasteiger partial charge in [-0.15, -0.1) is 0 Å². The zero-order valence-electron chi connectivity index (χ0n) is 18.0. The Morgan fingerprint density at radius 3 is 2.10 bits per heavy atom. The number of benzene rings is 2. The predicted molar refractivity (Wildman–Crippen MR) is 125 cm³/mol. The molecule has 0 saturated heterocycles. The van der Waals surface area contributed by atoms with Gasteiger partial charge in [0.15, 0.2) is 5.65 Å². The van der Waals surface area contributed by atoms with Crippen LogP contribution in [-0.4, -0.2) is 14.5 Å². The molecule has 0 unspecified atom stereocenters. The largest absolute Gasteiger partial charge is 0.324 e. The van der Waals surface area contributed by atoms with Crippen molar-refractivity contribution in [2.24, 2.45) is 0 Å². The Hall–Kier alpha value is -2.42. The first kappa shape index (κ1) is 19.9. The number of fused-ring (bicyclic) bond motifs is 4. The first-order valence-corrected chi connectivity index (χ1v) is 11.4. The van der Waals surface area contributed by atoms with E-state index in [4.69, 9.17) is 9.97 Å². The molecule has 152 valence electrons. The second-order valence-corrected chi connectivity index (χ2v) is 8.34. The van der Waals surface area contributed by atoms with Crippen LogP contribution in [0.1, 0.15) is 70.3 Å². The zero-order valence-corrected chi connectivity index (χ0v) is 18.0. The number of nitrogens with zero attached hydrogens (tertiary/aromatic N) is 3. The number of unbranched alkanes of at least 4 members (excludes halogenated alkanes) is 8. The highest BCUT2D eigenvalue weighted by atomic mass is 15.1. The molecular formula is C26H33N3. The van der Waals surface area contributed by atoms with E-state index in [9.17, 15) is 0 Å². The maximum absolute atomic E-state index is 5.01. The third kappa shape index (κ3) is 4.29. The smallest absolute Gasteiger partial charge is 0.160 e. The molecule has 2 aromatic carbocycles. The monoisotopic (exact) mass is 387 g/mol. The number of hydrogen-bond acceptors (Lipinski definition) is 2. The number of aromatic nitrogens is 3. The fourth-order valence-electron chi connectivity index (χ4n) is 4.47. The molecule has 0 N–H and O–H groups in total. The molecule has 0 fully saturated rings. The van der Waals surface area contributed by atoms with Crippen LogP contribution in [0.4, 0.5) is 0 Å². The summed E-state index contributed by atoms with van der Waals surface area (Å²) in [5.41, 5.74) is 6.64. The molecule has 0 bridgehead atoms. The van der Waals surface area contributed by atoms with Gasteiger partial charge in [-0.05, 0) is 31.0 Å². The minimum atomic E-state index is 0.976. The minimum Gasteiger partial charge on any atom is -0.324 e. The highest BCUT2D eigenvalue weighted by Crippen LogP contribution is 2.30. The van der Waals surface area contributed by atoms with Gasteiger partial charge in [-0.2, -0.15) is 0 Å². The third-order valence-electron chi connectivity index (χ3n) is 6.06. The summed E-state index contributed by atoms with van der Waals surface area (Å²) in [6.45, 7) is 5.50. The Morgan fingerprint density at radius 2 is 1.38 bits per heavy atom. The predicted octanol–water partition coefficient (Wildman–Crippen LogP) is 7.58. The second-order valence-electron chi connectivity index (χ2n) is 8.34. The number of para-hydroxylation sites is 3. The average molecular weight is 388 g/mol. The van der Waals surface area contributed by atoms with Gasteiger partial charge in [-0.3, -0.25) is 0 Å². The van der Waals surface area contributed by atoms with Gasteiger partial charge in [0.25, 0.3) is 0 Å². The third-order valence-corrected chi connectivity index (χ3v) is 6.06. The molecule has 3 heteroatoms. The van der Waals surface area contributed by atoms with Gasteiger partial charge in [0.2, 0.25) is 0 Å². The SMILES string of the molecule is CCCCCCCCCCCn1c2nc3ccccc3nc2c2cccc(C)c21. The summed E-state index contributed by atoms with van der Waals surface area (Å²) in [7, 11) is 0. The topological polar surface area (TPSA) is 30.7 Å². The van der Waals surface area contributed by atoms with Crippen LogP contribution in [0.15, 0.2) is 42.5 Å². The quantitative estimate of drug-likeness (QED) is 0.263. The van der Waals surface area contributed by atoms with E-state index in [-0.39, 0.29) is 0 Å². The van der Waals surface area contributed by atoms with E-state index >= 15 is 0 Å². The molecule has 0 atom stereocenters. The van der Waals surface area contributed by atoms with E-state index < -0.39 is 0 Å². The molecule has 4 rings (SSSR count). The summed E-state index contributed by atoms with van der Waals surface area (Å²) in [6.07, 6.45) is 12.1. The fraction of sp³-hybridized carbons (Fsp3) is 0.462. The molecular weight excluding hydrogens is 354 g/mol. The van der Waals surface area contributed by atoms with Gasteiger partial charge < -0.3 is 4.57 Å². The van der Waals surface area contributed by atoms with Crippen LogP contribution in [0, 0.1) is 6.92 Å². The summed E-state index contributed by atoms with van der Waals surface area (Å²) in [5.74, 6) is 0. The van der Waals surface area contributed by atoms with Crippen LogP contribution in [0.3, 0.4) is 0 Å². The standard InChI is InChI=1S/C26H33N3/c1-3-4-5-6-7-8-9-10-13-19-29-25-20(2)15-14-16-21(25)24-26(29)28-23-18-12-11-17-22(23)27-24/h11-12,14-18H,3-10,13,19H2,1-2H3. The van der Waals surface area contributed by atoms with E-state index in [2.05, 4.69) is 48.7 Å².